The molecule has 2 heterocycles. The minimum atomic E-state index is -0.0954. The van der Waals surface area contributed by atoms with E-state index in [9.17, 15) is 28.8 Å². The summed E-state index contributed by atoms with van der Waals surface area (Å²) in [5.41, 5.74) is 9.67. The molecule has 0 fully saturated rings. The number of benzene rings is 4. The van der Waals surface area contributed by atoms with Crippen molar-refractivity contribution >= 4 is 102 Å². The van der Waals surface area contributed by atoms with Crippen LogP contribution in [0.4, 0.5) is 22.7 Å². The van der Waals surface area contributed by atoms with Crippen molar-refractivity contribution in [3.8, 4) is 0 Å². The van der Waals surface area contributed by atoms with Crippen molar-refractivity contribution < 1.29 is 80.5 Å². The molecule has 116 heavy (non-hydrogen) atoms. The Morgan fingerprint density at radius 1 is 0.276 bits per heavy atom. The number of carbonyl (C=O) groups is 6. The summed E-state index contributed by atoms with van der Waals surface area (Å²) in [7, 11) is 12.4. The van der Waals surface area contributed by atoms with Crippen LogP contribution in [0.1, 0.15) is 149 Å². The Morgan fingerprint density at radius 2 is 0.509 bits per heavy atom. The number of amides is 6. The number of aromatic nitrogens is 2. The van der Waals surface area contributed by atoms with Crippen LogP contribution < -0.4 is 60.6 Å². The molecule has 6 aromatic rings. The standard InChI is InChI=1S/C89H140N12O15/c1-9-45-99(10-2)79-38-34-75-67-74-33-37-78(98(7)8)70-82(74)101(83(75)71-79)47-16-12-14-26-85(103)91-40-20-49-109-55-61-115-63-57-111-51-22-42-93-87(105)28-18-30-89(107)95-44-24-53-113-59-65-116-64-58-112-52-23-43-94-88(106)29-17-27-86(104)92-41-21-50-110-56-62-114-60-54-108-48-19-39-90-84(102)25-13-11-15-46-100-80-68-76(96(3)4)35-31-72(80)66-73-32-36-77(97(5)6)69-81(73)100/h31-38,66-71H,9-30,39-65H2,1-8H3,(H4-2,90,91,92,93,94,95,102,103,104,105,106,107)/p+2. The maximum Gasteiger partial charge on any atom is 0.220 e. The lowest BCUT2D eigenvalue weighted by atomic mass is 10.1. The lowest BCUT2D eigenvalue weighted by molar-refractivity contribution is -0.646. The highest BCUT2D eigenvalue weighted by Gasteiger charge is 2.21. The Hall–Kier alpha value is -8.12. The van der Waals surface area contributed by atoms with Gasteiger partial charge in [-0.2, -0.15) is 9.13 Å². The average Bonchev–Trinajstić information content (AvgIpc) is 0.769. The fourth-order valence-corrected chi connectivity index (χ4v) is 13.3. The zero-order chi connectivity index (χ0) is 83.0. The number of nitrogens with one attached hydrogen (secondary N) is 6. The van der Waals surface area contributed by atoms with Gasteiger partial charge in [0.25, 0.3) is 0 Å². The van der Waals surface area contributed by atoms with Crippen LogP contribution in [0, 0.1) is 0 Å². The summed E-state index contributed by atoms with van der Waals surface area (Å²) in [6.07, 6.45) is 13.9. The van der Waals surface area contributed by atoms with Gasteiger partial charge in [-0.25, -0.2) is 0 Å². The molecular weight excluding hydrogens is 1480 g/mol. The van der Waals surface area contributed by atoms with Gasteiger partial charge in [0.1, 0.15) is 13.1 Å². The molecule has 2 aromatic heterocycles. The van der Waals surface area contributed by atoms with Gasteiger partial charge in [0.15, 0.2) is 0 Å². The highest BCUT2D eigenvalue weighted by atomic mass is 16.6. The molecule has 6 N–H and O–H groups in total. The summed E-state index contributed by atoms with van der Waals surface area (Å²) in [5.74, 6) is -0.218. The van der Waals surface area contributed by atoms with Gasteiger partial charge in [0, 0.05) is 254 Å². The molecule has 6 rings (SSSR count). The average molecular weight is 1620 g/mol. The van der Waals surface area contributed by atoms with Crippen molar-refractivity contribution in [1.29, 1.82) is 0 Å². The van der Waals surface area contributed by atoms with Crippen molar-refractivity contribution in [3.63, 3.8) is 0 Å². The molecule has 27 heteroatoms. The fourth-order valence-electron chi connectivity index (χ4n) is 13.3. The van der Waals surface area contributed by atoms with Crippen LogP contribution in [0.3, 0.4) is 0 Å². The van der Waals surface area contributed by atoms with Gasteiger partial charge in [-0.3, -0.25) is 28.8 Å². The quantitative estimate of drug-likeness (QED) is 0.0118. The van der Waals surface area contributed by atoms with Crippen molar-refractivity contribution in [1.82, 2.24) is 31.9 Å². The largest absolute Gasteiger partial charge is 0.379 e. The van der Waals surface area contributed by atoms with Gasteiger partial charge in [-0.15, -0.1) is 0 Å². The molecule has 0 aliphatic rings. The second-order valence-corrected chi connectivity index (χ2v) is 29.9. The number of nitrogens with zero attached hydrogens (tertiary/aromatic N) is 6. The van der Waals surface area contributed by atoms with Crippen molar-refractivity contribution in [2.24, 2.45) is 0 Å². The fraction of sp³-hybridized carbons (Fsp3) is 0.640. The third-order valence-corrected chi connectivity index (χ3v) is 19.8. The molecule has 6 amide bonds. The maximum absolute atomic E-state index is 12.6. The van der Waals surface area contributed by atoms with E-state index in [-0.39, 0.29) is 61.1 Å². The second kappa shape index (κ2) is 59.5. The van der Waals surface area contributed by atoms with E-state index in [1.807, 2.05) is 0 Å². The Labute approximate surface area is 690 Å². The van der Waals surface area contributed by atoms with E-state index in [0.29, 0.717) is 210 Å². The smallest absolute Gasteiger partial charge is 0.220 e. The first-order valence-corrected chi connectivity index (χ1v) is 42.9. The molecular formula is C89H142N12O15+2. The number of aryl methyl sites for hydroxylation is 2. The van der Waals surface area contributed by atoms with E-state index < -0.39 is 0 Å². The number of pyridine rings is 2. The first-order valence-electron chi connectivity index (χ1n) is 42.9. The van der Waals surface area contributed by atoms with Gasteiger partial charge in [0.05, 0.1) is 79.3 Å². The van der Waals surface area contributed by atoms with Crippen molar-refractivity contribution in [3.05, 3.63) is 84.9 Å². The highest BCUT2D eigenvalue weighted by molar-refractivity contribution is 5.93. The molecule has 0 saturated carbocycles. The molecule has 0 radical (unpaired) electrons. The molecule has 646 valence electrons. The molecule has 0 spiro atoms. The summed E-state index contributed by atoms with van der Waals surface area (Å²) in [6.45, 7) is 19.7. The van der Waals surface area contributed by atoms with Crippen LogP contribution in [0.15, 0.2) is 84.9 Å². The van der Waals surface area contributed by atoms with Crippen LogP contribution in [-0.4, -0.2) is 249 Å². The molecule has 0 aliphatic heterocycles. The van der Waals surface area contributed by atoms with E-state index in [0.717, 1.165) is 84.0 Å². The first kappa shape index (κ1) is 96.7. The summed E-state index contributed by atoms with van der Waals surface area (Å²) in [5, 5.41) is 22.5. The predicted molar refractivity (Wildman–Crippen MR) is 462 cm³/mol. The maximum atomic E-state index is 12.6. The zero-order valence-electron chi connectivity index (χ0n) is 71.5. The molecule has 0 atom stereocenters. The van der Waals surface area contributed by atoms with E-state index in [2.05, 4.69) is 202 Å². The van der Waals surface area contributed by atoms with E-state index in [4.69, 9.17) is 42.6 Å². The van der Waals surface area contributed by atoms with Crippen LogP contribution in [0.2, 0.25) is 0 Å². The van der Waals surface area contributed by atoms with Crippen molar-refractivity contribution in [2.45, 2.75) is 162 Å². The molecule has 0 bridgehead atoms. The number of carbonyl (C=O) groups excluding carboxylic acids is 6. The van der Waals surface area contributed by atoms with Gasteiger partial charge in [-0.05, 0) is 151 Å². The van der Waals surface area contributed by atoms with E-state index in [1.54, 1.807) is 0 Å². The molecule has 0 unspecified atom stereocenters. The number of unbranched alkanes of at least 4 members (excludes halogenated alkanes) is 4. The predicted octanol–water partition coefficient (Wildman–Crippen LogP) is 9.66. The van der Waals surface area contributed by atoms with Crippen LogP contribution in [0.5, 0.6) is 0 Å². The summed E-state index contributed by atoms with van der Waals surface area (Å²) in [6, 6.07) is 31.4. The number of fused-ring (bicyclic) bond motifs is 4. The summed E-state index contributed by atoms with van der Waals surface area (Å²) < 4.78 is 55.5. The molecule has 4 aromatic carbocycles. The third kappa shape index (κ3) is 39.9. The second-order valence-electron chi connectivity index (χ2n) is 29.9. The minimum absolute atomic E-state index is 0.0752. The number of rotatable bonds is 69. The topological polar surface area (TPSA) is 278 Å². The van der Waals surface area contributed by atoms with Gasteiger partial charge in [-0.1, -0.05) is 6.92 Å². The van der Waals surface area contributed by atoms with Crippen molar-refractivity contribution in [2.75, 3.05) is 233 Å². The Balaban J connectivity index is 0.595. The Bertz CT molecular complexity index is 3730. The molecule has 0 aliphatic carbocycles. The minimum Gasteiger partial charge on any atom is -0.379 e. The number of hydrogen-bond donors (Lipinski definition) is 6. The van der Waals surface area contributed by atoms with Crippen LogP contribution in [0.25, 0.3) is 43.6 Å². The monoisotopic (exact) mass is 1620 g/mol. The lowest BCUT2D eigenvalue weighted by Crippen LogP contribution is -2.36. The Kier molecular flexibility index (Phi) is 49.6. The van der Waals surface area contributed by atoms with E-state index >= 15 is 0 Å². The number of anilines is 4. The van der Waals surface area contributed by atoms with Crippen LogP contribution >= 0.6 is 0 Å². The summed E-state index contributed by atoms with van der Waals surface area (Å²) in [4.78, 5) is 83.1. The van der Waals surface area contributed by atoms with Gasteiger partial charge >= 0.3 is 0 Å². The van der Waals surface area contributed by atoms with Gasteiger partial charge in [0.2, 0.25) is 57.5 Å². The lowest BCUT2D eigenvalue weighted by Gasteiger charge is -2.22. The number of ether oxygens (including phenoxy) is 9. The highest BCUT2D eigenvalue weighted by Crippen LogP contribution is 2.29. The van der Waals surface area contributed by atoms with Gasteiger partial charge < -0.3 is 94.1 Å². The zero-order valence-corrected chi connectivity index (χ0v) is 71.5. The third-order valence-electron chi connectivity index (χ3n) is 19.8. The first-order chi connectivity index (χ1) is 56.5. The number of hydrogen-bond acceptors (Lipinski definition) is 19. The Morgan fingerprint density at radius 3 is 0.750 bits per heavy atom. The molecule has 0 saturated heterocycles. The SMILES string of the molecule is CCCN(CC)c1ccc2cc3ccc(N(C)C)cc3[n+](CCCCCC(=O)NCCCOCCOCCOCCCNC(=O)CCCC(=O)NCCCOCCOCCOCCCNC(=O)CCCC(=O)NCCCOCCOCCOCCCNC(=O)CCCCC[n+]3c4cc(N(C)C)ccc4cc4ccc(N(C)C)cc43)c2c1. The molecule has 27 nitrogen and oxygen atoms in total. The normalized spacial score (nSPS) is 11.4. The van der Waals surface area contributed by atoms with Crippen LogP contribution in [-0.2, 0) is 84.5 Å². The van der Waals surface area contributed by atoms with E-state index in [1.165, 1.54) is 66.4 Å². The summed E-state index contributed by atoms with van der Waals surface area (Å²) >= 11 is 0.